The summed E-state index contributed by atoms with van der Waals surface area (Å²) in [5.41, 5.74) is 1.87. The van der Waals surface area contributed by atoms with Crippen molar-refractivity contribution < 1.29 is 28.8 Å². The normalized spacial score (nSPS) is 10.0. The number of carboxylic acids is 1. The molecule has 0 saturated carbocycles. The van der Waals surface area contributed by atoms with Gasteiger partial charge in [0.15, 0.2) is 0 Å². The Kier molecular flexibility index (Phi) is 5.69. The molecule has 0 spiro atoms. The maximum atomic E-state index is 12.0. The molecule has 114 valence electrons. The molecule has 0 aliphatic carbocycles. The number of aromatic nitrogens is 3. The van der Waals surface area contributed by atoms with Crippen LogP contribution < -0.4 is 29.5 Å². The van der Waals surface area contributed by atoms with E-state index in [9.17, 15) is 14.7 Å². The molecule has 2 aromatic heterocycles. The summed E-state index contributed by atoms with van der Waals surface area (Å²) in [7, 11) is 0. The number of carbonyl (C=O) groups excluding carboxylic acids is 1. The number of nitrogens with zero attached hydrogens (tertiary/aromatic N) is 3. The first-order valence-electron chi connectivity index (χ1n) is 6.92. The van der Waals surface area contributed by atoms with Gasteiger partial charge in [-0.25, -0.2) is 4.68 Å². The van der Waals surface area contributed by atoms with Crippen LogP contribution in [-0.2, 0) is 6.54 Å². The van der Waals surface area contributed by atoms with Gasteiger partial charge in [-0.2, -0.15) is 5.10 Å². The third-order valence-electron chi connectivity index (χ3n) is 3.32. The van der Waals surface area contributed by atoms with E-state index in [-0.39, 0.29) is 36.5 Å². The number of pyridine rings is 1. The molecule has 0 atom stereocenters. The molecule has 0 aliphatic rings. The van der Waals surface area contributed by atoms with E-state index in [4.69, 9.17) is 0 Å². The summed E-state index contributed by atoms with van der Waals surface area (Å²) in [5.74, 6) is -1.25. The Hall–Kier alpha value is -2.68. The van der Waals surface area contributed by atoms with Crippen LogP contribution >= 0.6 is 0 Å². The van der Waals surface area contributed by atoms with Gasteiger partial charge < -0.3 is 9.90 Å². The van der Waals surface area contributed by atoms with Crippen LogP contribution in [0.4, 0.5) is 0 Å². The summed E-state index contributed by atoms with van der Waals surface area (Å²) >= 11 is 0. The molecule has 1 aromatic carbocycles. The first-order valence-corrected chi connectivity index (χ1v) is 6.92. The standard InChI is InChI=1S/C17H13N3O3.Li/c21-16-7-6-15(14-5-2-8-18-10-14)19-20(16)11-12-3-1-4-13(9-12)17(22)23;/h1-10H,11H2,(H,22,23);/q;+1/p-1. The molecule has 3 aromatic rings. The number of hydrogen-bond acceptors (Lipinski definition) is 5. The summed E-state index contributed by atoms with van der Waals surface area (Å²) < 4.78 is 1.29. The van der Waals surface area contributed by atoms with Gasteiger partial charge in [-0.15, -0.1) is 0 Å². The number of benzene rings is 1. The van der Waals surface area contributed by atoms with Crippen LogP contribution in [0.2, 0.25) is 0 Å². The smallest absolute Gasteiger partial charge is 0.545 e. The van der Waals surface area contributed by atoms with E-state index in [0.717, 1.165) is 5.56 Å². The Morgan fingerprint density at radius 1 is 1.12 bits per heavy atom. The monoisotopic (exact) mass is 313 g/mol. The molecule has 0 unspecified atom stereocenters. The van der Waals surface area contributed by atoms with Gasteiger partial charge in [-0.3, -0.25) is 9.78 Å². The molecule has 0 radical (unpaired) electrons. The van der Waals surface area contributed by atoms with Gasteiger partial charge in [0.25, 0.3) is 5.56 Å². The summed E-state index contributed by atoms with van der Waals surface area (Å²) in [4.78, 5) is 26.9. The predicted octanol–water partition coefficient (Wildman–Crippen LogP) is -2.28. The van der Waals surface area contributed by atoms with Crippen molar-refractivity contribution in [3.05, 3.63) is 82.4 Å². The molecule has 0 aliphatic heterocycles. The summed E-state index contributed by atoms with van der Waals surface area (Å²) in [5, 5.41) is 15.2. The average Bonchev–Trinajstić information content (AvgIpc) is 2.58. The minimum absolute atomic E-state index is 0. The molecule has 7 heteroatoms. The van der Waals surface area contributed by atoms with Crippen molar-refractivity contribution in [2.24, 2.45) is 0 Å². The quantitative estimate of drug-likeness (QED) is 0.507. The van der Waals surface area contributed by atoms with Gasteiger partial charge in [0, 0.05) is 24.0 Å². The van der Waals surface area contributed by atoms with Crippen molar-refractivity contribution in [1.29, 1.82) is 0 Å². The number of carbonyl (C=O) groups is 1. The van der Waals surface area contributed by atoms with Gasteiger partial charge in [-0.1, -0.05) is 18.2 Å². The average molecular weight is 313 g/mol. The van der Waals surface area contributed by atoms with E-state index < -0.39 is 5.97 Å². The topological polar surface area (TPSA) is 87.9 Å². The Bertz CT molecular complexity index is 910. The fourth-order valence-electron chi connectivity index (χ4n) is 2.20. The zero-order chi connectivity index (χ0) is 16.2. The molecule has 24 heavy (non-hydrogen) atoms. The molecule has 6 nitrogen and oxygen atoms in total. The van der Waals surface area contributed by atoms with Crippen LogP contribution in [0.3, 0.4) is 0 Å². The van der Waals surface area contributed by atoms with Gasteiger partial charge >= 0.3 is 18.9 Å². The van der Waals surface area contributed by atoms with Crippen molar-refractivity contribution in [1.82, 2.24) is 14.8 Å². The maximum absolute atomic E-state index is 12.0. The van der Waals surface area contributed by atoms with Gasteiger partial charge in [0.1, 0.15) is 0 Å². The van der Waals surface area contributed by atoms with E-state index >= 15 is 0 Å². The third kappa shape index (κ3) is 3.99. The predicted molar refractivity (Wildman–Crippen MR) is 81.6 cm³/mol. The Morgan fingerprint density at radius 2 is 1.96 bits per heavy atom. The molecule has 0 amide bonds. The minimum atomic E-state index is -1.25. The summed E-state index contributed by atoms with van der Waals surface area (Å²) in [6.45, 7) is 0.175. The molecule has 0 fully saturated rings. The first kappa shape index (κ1) is 17.7. The van der Waals surface area contributed by atoms with Crippen LogP contribution in [0.5, 0.6) is 0 Å². The number of carboxylic acid groups (broad SMARTS) is 1. The molecule has 3 rings (SSSR count). The van der Waals surface area contributed by atoms with Crippen LogP contribution in [-0.4, -0.2) is 20.7 Å². The Balaban J connectivity index is 0.00000208. The maximum Gasteiger partial charge on any atom is 1.00 e. The second kappa shape index (κ2) is 7.73. The zero-order valence-corrected chi connectivity index (χ0v) is 13.0. The second-order valence-corrected chi connectivity index (χ2v) is 4.94. The molecule has 0 saturated heterocycles. The van der Waals surface area contributed by atoms with Crippen molar-refractivity contribution in [2.75, 3.05) is 0 Å². The van der Waals surface area contributed by atoms with Crippen molar-refractivity contribution >= 4 is 5.97 Å². The van der Waals surface area contributed by atoms with Gasteiger partial charge in [0.2, 0.25) is 0 Å². The first-order chi connectivity index (χ1) is 11.1. The fraction of sp³-hybridized carbons (Fsp3) is 0.0588. The molecule has 0 bridgehead atoms. The summed E-state index contributed by atoms with van der Waals surface area (Å²) in [6.07, 6.45) is 3.32. The van der Waals surface area contributed by atoms with Crippen LogP contribution in [0.1, 0.15) is 15.9 Å². The largest absolute Gasteiger partial charge is 1.00 e. The van der Waals surface area contributed by atoms with Gasteiger partial charge in [-0.05, 0) is 35.4 Å². The van der Waals surface area contributed by atoms with Gasteiger partial charge in [0.05, 0.1) is 18.2 Å². The van der Waals surface area contributed by atoms with E-state index in [0.29, 0.717) is 11.3 Å². The number of rotatable bonds is 4. The minimum Gasteiger partial charge on any atom is -0.545 e. The molecular formula is C17H12LiN3O3. The number of hydrogen-bond donors (Lipinski definition) is 0. The zero-order valence-electron chi connectivity index (χ0n) is 13.0. The van der Waals surface area contributed by atoms with Crippen molar-refractivity contribution in [3.63, 3.8) is 0 Å². The second-order valence-electron chi connectivity index (χ2n) is 4.94. The third-order valence-corrected chi connectivity index (χ3v) is 3.32. The molecule has 2 heterocycles. The van der Waals surface area contributed by atoms with E-state index in [2.05, 4.69) is 10.1 Å². The van der Waals surface area contributed by atoms with Crippen molar-refractivity contribution in [3.8, 4) is 11.3 Å². The molecular weight excluding hydrogens is 301 g/mol. The van der Waals surface area contributed by atoms with Crippen molar-refractivity contribution in [2.45, 2.75) is 6.54 Å². The Morgan fingerprint density at radius 3 is 2.67 bits per heavy atom. The van der Waals surface area contributed by atoms with E-state index in [1.54, 1.807) is 36.7 Å². The Labute approximate surface area is 150 Å². The van der Waals surface area contributed by atoms with E-state index in [1.165, 1.54) is 22.9 Å². The van der Waals surface area contributed by atoms with Crippen LogP contribution in [0.15, 0.2) is 65.7 Å². The number of aromatic carboxylic acids is 1. The molecule has 0 N–H and O–H groups in total. The summed E-state index contributed by atoms with van der Waals surface area (Å²) in [6, 6.07) is 13.0. The van der Waals surface area contributed by atoms with Crippen LogP contribution in [0, 0.1) is 0 Å². The van der Waals surface area contributed by atoms with E-state index in [1.807, 2.05) is 6.07 Å². The SMILES string of the molecule is O=C([O-])c1cccc(Cn2nc(-c3cccnc3)ccc2=O)c1.[Li+]. The van der Waals surface area contributed by atoms with Crippen LogP contribution in [0.25, 0.3) is 11.3 Å². The fourth-order valence-corrected chi connectivity index (χ4v) is 2.20.